The zero-order valence-electron chi connectivity index (χ0n) is 15.6. The van der Waals surface area contributed by atoms with E-state index < -0.39 is 6.61 Å². The predicted molar refractivity (Wildman–Crippen MR) is 103 cm³/mol. The smallest absolute Gasteiger partial charge is 0.387 e. The van der Waals surface area contributed by atoms with Crippen LogP contribution in [0.2, 0.25) is 0 Å². The van der Waals surface area contributed by atoms with Crippen LogP contribution in [0.25, 0.3) is 0 Å². The van der Waals surface area contributed by atoms with Crippen LogP contribution < -0.4 is 24.8 Å². The van der Waals surface area contributed by atoms with E-state index in [-0.39, 0.29) is 19.1 Å². The van der Waals surface area contributed by atoms with Crippen molar-refractivity contribution in [2.45, 2.75) is 32.9 Å². The van der Waals surface area contributed by atoms with Gasteiger partial charge >= 0.3 is 6.61 Å². The SMILES string of the molecule is CCc1cnc(CCNC(=NC)NCc2cc3c(cc2OC(F)F)OCO3)s1. The molecule has 0 radical (unpaired) electrons. The van der Waals surface area contributed by atoms with Crippen molar-refractivity contribution in [2.24, 2.45) is 4.99 Å². The van der Waals surface area contributed by atoms with Gasteiger partial charge in [-0.25, -0.2) is 4.98 Å². The summed E-state index contributed by atoms with van der Waals surface area (Å²) in [4.78, 5) is 9.79. The monoisotopic (exact) mass is 412 g/mol. The Balaban J connectivity index is 1.56. The summed E-state index contributed by atoms with van der Waals surface area (Å²) in [6.45, 7) is 0.111. The molecule has 0 amide bonds. The molecule has 0 bridgehead atoms. The van der Waals surface area contributed by atoms with Crippen molar-refractivity contribution in [3.63, 3.8) is 0 Å². The summed E-state index contributed by atoms with van der Waals surface area (Å²) in [6.07, 6.45) is 3.65. The molecule has 3 rings (SSSR count). The third-order valence-electron chi connectivity index (χ3n) is 4.02. The first-order valence-corrected chi connectivity index (χ1v) is 9.66. The molecule has 10 heteroatoms. The number of rotatable bonds is 8. The largest absolute Gasteiger partial charge is 0.454 e. The first-order chi connectivity index (χ1) is 13.6. The van der Waals surface area contributed by atoms with Gasteiger partial charge < -0.3 is 24.8 Å². The summed E-state index contributed by atoms with van der Waals surface area (Å²) in [7, 11) is 1.64. The van der Waals surface area contributed by atoms with E-state index in [1.54, 1.807) is 24.5 Å². The van der Waals surface area contributed by atoms with E-state index in [1.165, 1.54) is 10.9 Å². The minimum Gasteiger partial charge on any atom is -0.454 e. The van der Waals surface area contributed by atoms with E-state index in [1.807, 2.05) is 6.20 Å². The van der Waals surface area contributed by atoms with Gasteiger partial charge in [0.1, 0.15) is 5.75 Å². The molecular formula is C18H22F2N4O3S. The highest BCUT2D eigenvalue weighted by Gasteiger charge is 2.20. The number of guanidine groups is 1. The van der Waals surface area contributed by atoms with Crippen molar-refractivity contribution in [2.75, 3.05) is 20.4 Å². The van der Waals surface area contributed by atoms with Crippen molar-refractivity contribution >= 4 is 17.3 Å². The van der Waals surface area contributed by atoms with Gasteiger partial charge in [-0.2, -0.15) is 8.78 Å². The van der Waals surface area contributed by atoms with E-state index in [9.17, 15) is 8.78 Å². The standard InChI is InChI=1S/C18H22F2N4O3S/c1-3-12-9-23-16(28-12)4-5-22-18(21-2)24-8-11-6-14-15(26-10-25-14)7-13(11)27-17(19)20/h6-7,9,17H,3-5,8,10H2,1-2H3,(H2,21,22,24). The predicted octanol–water partition coefficient (Wildman–Crippen LogP) is 2.94. The lowest BCUT2D eigenvalue weighted by molar-refractivity contribution is -0.0505. The number of hydrogen-bond acceptors (Lipinski definition) is 6. The van der Waals surface area contributed by atoms with Crippen LogP contribution in [0.5, 0.6) is 17.2 Å². The number of halogens is 2. The second kappa shape index (κ2) is 9.54. The molecule has 1 aliphatic rings. The molecular weight excluding hydrogens is 390 g/mol. The van der Waals surface area contributed by atoms with E-state index in [4.69, 9.17) is 9.47 Å². The Morgan fingerprint density at radius 3 is 2.79 bits per heavy atom. The number of thiazole rings is 1. The Bertz CT molecular complexity index is 829. The van der Waals surface area contributed by atoms with Gasteiger partial charge in [0.2, 0.25) is 6.79 Å². The minimum absolute atomic E-state index is 0.0390. The Hall–Kier alpha value is -2.62. The second-order valence-electron chi connectivity index (χ2n) is 5.87. The topological polar surface area (TPSA) is 77.0 Å². The van der Waals surface area contributed by atoms with Crippen molar-refractivity contribution in [1.29, 1.82) is 0 Å². The van der Waals surface area contributed by atoms with Crippen LogP contribution in [-0.4, -0.2) is 37.9 Å². The zero-order valence-corrected chi connectivity index (χ0v) is 16.4. The van der Waals surface area contributed by atoms with E-state index in [2.05, 4.69) is 32.3 Å². The summed E-state index contributed by atoms with van der Waals surface area (Å²) in [5, 5.41) is 7.34. The minimum atomic E-state index is -2.93. The number of fused-ring (bicyclic) bond motifs is 1. The lowest BCUT2D eigenvalue weighted by Crippen LogP contribution is -2.37. The molecule has 2 N–H and O–H groups in total. The van der Waals surface area contributed by atoms with E-state index in [0.717, 1.165) is 17.8 Å². The molecule has 0 saturated carbocycles. The summed E-state index contributed by atoms with van der Waals surface area (Å²) >= 11 is 1.70. The quantitative estimate of drug-likeness (QED) is 0.513. The molecule has 0 spiro atoms. The molecule has 2 heterocycles. The lowest BCUT2D eigenvalue weighted by Gasteiger charge is -2.15. The first-order valence-electron chi connectivity index (χ1n) is 8.84. The molecule has 1 aliphatic heterocycles. The molecule has 0 aliphatic carbocycles. The van der Waals surface area contributed by atoms with Crippen LogP contribution in [0.4, 0.5) is 8.78 Å². The van der Waals surface area contributed by atoms with Crippen molar-refractivity contribution in [3.8, 4) is 17.2 Å². The summed E-state index contributed by atoms with van der Waals surface area (Å²) < 4.78 is 40.6. The summed E-state index contributed by atoms with van der Waals surface area (Å²) in [5.41, 5.74) is 0.514. The highest BCUT2D eigenvalue weighted by Crippen LogP contribution is 2.38. The number of ether oxygens (including phenoxy) is 3. The Labute approximate surface area is 165 Å². The number of aliphatic imine (C=N–C) groups is 1. The molecule has 0 atom stereocenters. The molecule has 28 heavy (non-hydrogen) atoms. The molecule has 152 valence electrons. The number of aromatic nitrogens is 1. The average Bonchev–Trinajstić information content (AvgIpc) is 3.32. The lowest BCUT2D eigenvalue weighted by atomic mass is 10.1. The molecule has 1 aromatic carbocycles. The summed E-state index contributed by atoms with van der Waals surface area (Å²) in [5.74, 6) is 1.47. The van der Waals surface area contributed by atoms with Crippen molar-refractivity contribution in [1.82, 2.24) is 15.6 Å². The third kappa shape index (κ3) is 5.22. The maximum Gasteiger partial charge on any atom is 0.387 e. The number of nitrogens with one attached hydrogen (secondary N) is 2. The highest BCUT2D eigenvalue weighted by atomic mass is 32.1. The second-order valence-corrected chi connectivity index (χ2v) is 7.07. The number of aryl methyl sites for hydroxylation is 1. The van der Waals surface area contributed by atoms with Crippen LogP contribution in [-0.2, 0) is 19.4 Å². The van der Waals surface area contributed by atoms with Crippen molar-refractivity contribution in [3.05, 3.63) is 33.8 Å². The van der Waals surface area contributed by atoms with E-state index in [0.29, 0.717) is 29.6 Å². The fourth-order valence-electron chi connectivity index (χ4n) is 2.62. The Morgan fingerprint density at radius 1 is 1.32 bits per heavy atom. The molecule has 2 aromatic rings. The number of alkyl halides is 2. The molecule has 1 aromatic heterocycles. The van der Waals surface area contributed by atoms with Crippen molar-refractivity contribution < 1.29 is 23.0 Å². The van der Waals surface area contributed by atoms with Gasteiger partial charge in [0.25, 0.3) is 0 Å². The summed E-state index contributed by atoms with van der Waals surface area (Å²) in [6, 6.07) is 3.04. The molecule has 0 unspecified atom stereocenters. The van der Waals surface area contributed by atoms with Gasteiger partial charge in [-0.15, -0.1) is 11.3 Å². The molecule has 0 saturated heterocycles. The van der Waals surface area contributed by atoms with Gasteiger partial charge in [-0.05, 0) is 12.5 Å². The number of hydrogen-bond donors (Lipinski definition) is 2. The van der Waals surface area contributed by atoms with Crippen LogP contribution in [0.3, 0.4) is 0 Å². The molecule has 7 nitrogen and oxygen atoms in total. The van der Waals surface area contributed by atoms with Gasteiger partial charge in [-0.1, -0.05) is 6.92 Å². The Kier molecular flexibility index (Phi) is 6.85. The average molecular weight is 412 g/mol. The van der Waals surface area contributed by atoms with Crippen LogP contribution >= 0.6 is 11.3 Å². The fourth-order valence-corrected chi connectivity index (χ4v) is 3.49. The first kappa shape index (κ1) is 20.1. The fraction of sp³-hybridized carbons (Fsp3) is 0.444. The van der Waals surface area contributed by atoms with Gasteiger partial charge in [0.05, 0.1) is 5.01 Å². The maximum absolute atomic E-state index is 12.7. The highest BCUT2D eigenvalue weighted by molar-refractivity contribution is 7.11. The number of benzene rings is 1. The molecule has 0 fully saturated rings. The van der Waals surface area contributed by atoms with Crippen LogP contribution in [0.15, 0.2) is 23.3 Å². The van der Waals surface area contributed by atoms with Crippen LogP contribution in [0, 0.1) is 0 Å². The normalized spacial score (nSPS) is 13.1. The zero-order chi connectivity index (χ0) is 19.9. The van der Waals surface area contributed by atoms with Gasteiger partial charge in [-0.3, -0.25) is 4.99 Å². The van der Waals surface area contributed by atoms with Gasteiger partial charge in [0, 0.05) is 49.3 Å². The van der Waals surface area contributed by atoms with Crippen LogP contribution in [0.1, 0.15) is 22.4 Å². The third-order valence-corrected chi connectivity index (χ3v) is 5.22. The maximum atomic E-state index is 12.7. The number of nitrogens with zero attached hydrogens (tertiary/aromatic N) is 2. The Morgan fingerprint density at radius 2 is 2.11 bits per heavy atom. The van der Waals surface area contributed by atoms with Gasteiger partial charge in [0.15, 0.2) is 17.5 Å². The van der Waals surface area contributed by atoms with E-state index >= 15 is 0 Å².